The highest BCUT2D eigenvalue weighted by Gasteiger charge is 2.13. The van der Waals surface area contributed by atoms with Crippen molar-refractivity contribution in [1.29, 1.82) is 0 Å². The maximum absolute atomic E-state index is 5.51. The van der Waals surface area contributed by atoms with Gasteiger partial charge in [-0.2, -0.15) is 0 Å². The highest BCUT2D eigenvalue weighted by Crippen LogP contribution is 2.27. The SMILES string of the molecule is CCOc1ncccc1NCCC1CCCCC1. The number of aromatic nitrogens is 1. The van der Waals surface area contributed by atoms with Crippen LogP contribution < -0.4 is 10.1 Å². The van der Waals surface area contributed by atoms with Gasteiger partial charge in [0.15, 0.2) is 0 Å². The molecule has 1 N–H and O–H groups in total. The van der Waals surface area contributed by atoms with Crippen LogP contribution in [0.1, 0.15) is 45.4 Å². The first kappa shape index (κ1) is 13.2. The standard InChI is InChI=1S/C15H24N2O/c1-2-18-15-14(9-6-11-17-15)16-12-10-13-7-4-3-5-8-13/h6,9,11,13,16H,2-5,7-8,10,12H2,1H3. The Morgan fingerprint density at radius 1 is 1.33 bits per heavy atom. The molecule has 0 saturated heterocycles. The minimum absolute atomic E-state index is 0.661. The summed E-state index contributed by atoms with van der Waals surface area (Å²) in [5.74, 6) is 1.64. The molecule has 1 aromatic rings. The van der Waals surface area contributed by atoms with Crippen LogP contribution in [-0.2, 0) is 0 Å². The molecule has 0 radical (unpaired) electrons. The number of pyridine rings is 1. The van der Waals surface area contributed by atoms with Gasteiger partial charge in [-0.15, -0.1) is 0 Å². The van der Waals surface area contributed by atoms with Crippen molar-refractivity contribution in [2.75, 3.05) is 18.5 Å². The molecular formula is C15H24N2O. The van der Waals surface area contributed by atoms with E-state index < -0.39 is 0 Å². The van der Waals surface area contributed by atoms with Gasteiger partial charge in [0.1, 0.15) is 0 Å². The van der Waals surface area contributed by atoms with Crippen LogP contribution in [-0.4, -0.2) is 18.1 Å². The van der Waals surface area contributed by atoms with Crippen molar-refractivity contribution in [3.63, 3.8) is 0 Å². The van der Waals surface area contributed by atoms with E-state index in [9.17, 15) is 0 Å². The van der Waals surface area contributed by atoms with E-state index in [1.807, 2.05) is 19.1 Å². The second-order valence-electron chi connectivity index (χ2n) is 5.01. The number of anilines is 1. The first-order valence-electron chi connectivity index (χ1n) is 7.22. The summed E-state index contributed by atoms with van der Waals surface area (Å²) in [5, 5.41) is 3.46. The summed E-state index contributed by atoms with van der Waals surface area (Å²) in [7, 11) is 0. The number of hydrogen-bond donors (Lipinski definition) is 1. The van der Waals surface area contributed by atoms with Gasteiger partial charge in [0.05, 0.1) is 12.3 Å². The van der Waals surface area contributed by atoms with Gasteiger partial charge in [0.25, 0.3) is 0 Å². The molecule has 0 atom stereocenters. The number of nitrogens with one attached hydrogen (secondary N) is 1. The summed E-state index contributed by atoms with van der Waals surface area (Å²) in [6.07, 6.45) is 10.1. The first-order valence-corrected chi connectivity index (χ1v) is 7.22. The lowest BCUT2D eigenvalue weighted by molar-refractivity contribution is 0.327. The van der Waals surface area contributed by atoms with Crippen LogP contribution in [0.3, 0.4) is 0 Å². The number of ether oxygens (including phenoxy) is 1. The van der Waals surface area contributed by atoms with Crippen LogP contribution in [0.4, 0.5) is 5.69 Å². The predicted molar refractivity (Wildman–Crippen MR) is 75.1 cm³/mol. The van der Waals surface area contributed by atoms with Crippen molar-refractivity contribution in [3.05, 3.63) is 18.3 Å². The van der Waals surface area contributed by atoms with Crippen LogP contribution in [0.2, 0.25) is 0 Å². The maximum atomic E-state index is 5.51. The molecular weight excluding hydrogens is 224 g/mol. The molecule has 3 heteroatoms. The van der Waals surface area contributed by atoms with E-state index in [2.05, 4.69) is 10.3 Å². The smallest absolute Gasteiger partial charge is 0.237 e. The molecule has 3 nitrogen and oxygen atoms in total. The molecule has 1 aliphatic rings. The van der Waals surface area contributed by atoms with E-state index in [0.29, 0.717) is 6.61 Å². The lowest BCUT2D eigenvalue weighted by Crippen LogP contribution is -2.12. The van der Waals surface area contributed by atoms with E-state index >= 15 is 0 Å². The monoisotopic (exact) mass is 248 g/mol. The Bertz CT molecular complexity index is 348. The Labute approximate surface area is 110 Å². The van der Waals surface area contributed by atoms with Crippen LogP contribution in [0.15, 0.2) is 18.3 Å². The Morgan fingerprint density at radius 2 is 2.17 bits per heavy atom. The zero-order valence-electron chi connectivity index (χ0n) is 11.3. The van der Waals surface area contributed by atoms with Gasteiger partial charge in [0.2, 0.25) is 5.88 Å². The summed E-state index contributed by atoms with van der Waals surface area (Å²) >= 11 is 0. The molecule has 1 aromatic heterocycles. The molecule has 0 unspecified atom stereocenters. The van der Waals surface area contributed by atoms with Crippen LogP contribution >= 0.6 is 0 Å². The van der Waals surface area contributed by atoms with Crippen molar-refractivity contribution in [2.24, 2.45) is 5.92 Å². The number of rotatable bonds is 6. The largest absolute Gasteiger partial charge is 0.476 e. The summed E-state index contributed by atoms with van der Waals surface area (Å²) in [5.41, 5.74) is 1.02. The second-order valence-corrected chi connectivity index (χ2v) is 5.01. The van der Waals surface area contributed by atoms with Crippen molar-refractivity contribution < 1.29 is 4.74 Å². The van der Waals surface area contributed by atoms with E-state index in [1.165, 1.54) is 38.5 Å². The minimum atomic E-state index is 0.661. The van der Waals surface area contributed by atoms with Crippen LogP contribution in [0.25, 0.3) is 0 Å². The zero-order valence-corrected chi connectivity index (χ0v) is 11.3. The molecule has 0 aliphatic heterocycles. The predicted octanol–water partition coefficient (Wildman–Crippen LogP) is 3.86. The zero-order chi connectivity index (χ0) is 12.6. The molecule has 0 spiro atoms. The average Bonchev–Trinajstić information content (AvgIpc) is 2.42. The minimum Gasteiger partial charge on any atom is -0.476 e. The summed E-state index contributed by atoms with van der Waals surface area (Å²) < 4.78 is 5.51. The van der Waals surface area contributed by atoms with Crippen LogP contribution in [0, 0.1) is 5.92 Å². The van der Waals surface area contributed by atoms with Gasteiger partial charge < -0.3 is 10.1 Å². The van der Waals surface area contributed by atoms with E-state index in [0.717, 1.165) is 24.0 Å². The van der Waals surface area contributed by atoms with Crippen molar-refractivity contribution in [3.8, 4) is 5.88 Å². The molecule has 100 valence electrons. The Morgan fingerprint density at radius 3 is 2.94 bits per heavy atom. The van der Waals surface area contributed by atoms with Crippen molar-refractivity contribution in [2.45, 2.75) is 45.4 Å². The summed E-state index contributed by atoms with van der Waals surface area (Å²) in [6.45, 7) is 3.67. The third-order valence-corrected chi connectivity index (χ3v) is 3.64. The van der Waals surface area contributed by atoms with Crippen molar-refractivity contribution in [1.82, 2.24) is 4.98 Å². The Kier molecular flexibility index (Phi) is 5.31. The molecule has 1 heterocycles. The lowest BCUT2D eigenvalue weighted by Gasteiger charge is -2.21. The third-order valence-electron chi connectivity index (χ3n) is 3.64. The van der Waals surface area contributed by atoms with Gasteiger partial charge in [-0.05, 0) is 31.4 Å². The lowest BCUT2D eigenvalue weighted by atomic mass is 9.87. The molecule has 1 fully saturated rings. The molecule has 0 amide bonds. The molecule has 1 aliphatic carbocycles. The van der Waals surface area contributed by atoms with Crippen LogP contribution in [0.5, 0.6) is 5.88 Å². The quantitative estimate of drug-likeness (QED) is 0.830. The topological polar surface area (TPSA) is 34.1 Å². The maximum Gasteiger partial charge on any atom is 0.237 e. The fraction of sp³-hybridized carbons (Fsp3) is 0.667. The fourth-order valence-electron chi connectivity index (χ4n) is 2.66. The van der Waals surface area contributed by atoms with Gasteiger partial charge in [-0.25, -0.2) is 4.98 Å². The fourth-order valence-corrected chi connectivity index (χ4v) is 2.66. The van der Waals surface area contributed by atoms with E-state index in [4.69, 9.17) is 4.74 Å². The highest BCUT2D eigenvalue weighted by molar-refractivity contribution is 5.51. The highest BCUT2D eigenvalue weighted by atomic mass is 16.5. The van der Waals surface area contributed by atoms with Gasteiger partial charge in [-0.1, -0.05) is 32.1 Å². The second kappa shape index (κ2) is 7.24. The third kappa shape index (κ3) is 3.90. The number of hydrogen-bond acceptors (Lipinski definition) is 3. The van der Waals surface area contributed by atoms with E-state index in [-0.39, 0.29) is 0 Å². The van der Waals surface area contributed by atoms with Gasteiger partial charge in [-0.3, -0.25) is 0 Å². The summed E-state index contributed by atoms with van der Waals surface area (Å²) in [4.78, 5) is 4.25. The van der Waals surface area contributed by atoms with Gasteiger partial charge in [0, 0.05) is 12.7 Å². The molecule has 1 saturated carbocycles. The molecule has 18 heavy (non-hydrogen) atoms. The Hall–Kier alpha value is -1.25. The molecule has 0 aromatic carbocycles. The Balaban J connectivity index is 1.78. The van der Waals surface area contributed by atoms with Crippen molar-refractivity contribution >= 4 is 5.69 Å². The number of nitrogens with zero attached hydrogens (tertiary/aromatic N) is 1. The first-order chi connectivity index (χ1) is 8.90. The summed E-state index contributed by atoms with van der Waals surface area (Å²) in [6, 6.07) is 3.99. The molecule has 2 rings (SSSR count). The average molecular weight is 248 g/mol. The molecule has 0 bridgehead atoms. The van der Waals surface area contributed by atoms with E-state index in [1.54, 1.807) is 6.20 Å². The normalized spacial score (nSPS) is 16.5. The van der Waals surface area contributed by atoms with Gasteiger partial charge >= 0.3 is 0 Å².